The lowest BCUT2D eigenvalue weighted by Gasteiger charge is -2.33. The second-order valence-corrected chi connectivity index (χ2v) is 4.94. The molecule has 18 heavy (non-hydrogen) atoms. The molecule has 100 valence electrons. The third-order valence-corrected chi connectivity index (χ3v) is 3.49. The summed E-state index contributed by atoms with van der Waals surface area (Å²) in [5, 5.41) is 7.17. The molecule has 1 saturated heterocycles. The van der Waals surface area contributed by atoms with Crippen molar-refractivity contribution in [1.29, 1.82) is 0 Å². The van der Waals surface area contributed by atoms with Gasteiger partial charge in [-0.1, -0.05) is 5.16 Å². The van der Waals surface area contributed by atoms with E-state index in [-0.39, 0.29) is 24.4 Å². The molecule has 2 heterocycles. The first-order valence-electron chi connectivity index (χ1n) is 6.24. The van der Waals surface area contributed by atoms with E-state index in [2.05, 4.69) is 10.5 Å². The SMILES string of the molecule is C[C@H]1CNCCN1C(=O)c1cc(C2CC2)on1.Cl. The summed E-state index contributed by atoms with van der Waals surface area (Å²) in [5.41, 5.74) is 0.459. The maximum absolute atomic E-state index is 12.2. The van der Waals surface area contributed by atoms with E-state index in [1.807, 2.05) is 17.9 Å². The van der Waals surface area contributed by atoms with Gasteiger partial charge in [0.1, 0.15) is 5.76 Å². The molecule has 5 nitrogen and oxygen atoms in total. The molecule has 1 saturated carbocycles. The number of piperazine rings is 1. The van der Waals surface area contributed by atoms with E-state index in [4.69, 9.17) is 4.52 Å². The normalized spacial score (nSPS) is 23.6. The highest BCUT2D eigenvalue weighted by Gasteiger charge is 2.31. The Morgan fingerprint density at radius 3 is 3.00 bits per heavy atom. The Kier molecular flexibility index (Phi) is 3.92. The summed E-state index contributed by atoms with van der Waals surface area (Å²) >= 11 is 0. The zero-order chi connectivity index (χ0) is 11.8. The molecular weight excluding hydrogens is 254 g/mol. The molecule has 0 spiro atoms. The van der Waals surface area contributed by atoms with Gasteiger partial charge in [0.05, 0.1) is 0 Å². The molecule has 1 aromatic rings. The van der Waals surface area contributed by atoms with Crippen molar-refractivity contribution in [3.05, 3.63) is 17.5 Å². The first-order chi connectivity index (χ1) is 8.25. The zero-order valence-electron chi connectivity index (χ0n) is 10.4. The van der Waals surface area contributed by atoms with Crippen LogP contribution in [-0.2, 0) is 0 Å². The molecule has 2 aliphatic rings. The number of hydrogen-bond acceptors (Lipinski definition) is 4. The minimum absolute atomic E-state index is 0. The predicted molar refractivity (Wildman–Crippen MR) is 69.1 cm³/mol. The zero-order valence-corrected chi connectivity index (χ0v) is 11.2. The van der Waals surface area contributed by atoms with Crippen LogP contribution < -0.4 is 5.32 Å². The molecule has 2 fully saturated rings. The number of halogens is 1. The molecule has 1 amide bonds. The summed E-state index contributed by atoms with van der Waals surface area (Å²) < 4.78 is 5.22. The second-order valence-electron chi connectivity index (χ2n) is 4.94. The molecule has 0 aromatic carbocycles. The van der Waals surface area contributed by atoms with E-state index in [0.717, 1.165) is 38.2 Å². The minimum atomic E-state index is -0.00495. The van der Waals surface area contributed by atoms with Crippen LogP contribution >= 0.6 is 12.4 Å². The minimum Gasteiger partial charge on any atom is -0.360 e. The van der Waals surface area contributed by atoms with Gasteiger partial charge < -0.3 is 14.7 Å². The van der Waals surface area contributed by atoms with E-state index in [0.29, 0.717) is 11.6 Å². The number of carbonyl (C=O) groups excluding carboxylic acids is 1. The first kappa shape index (κ1) is 13.4. The van der Waals surface area contributed by atoms with E-state index in [9.17, 15) is 4.79 Å². The smallest absolute Gasteiger partial charge is 0.276 e. The van der Waals surface area contributed by atoms with Crippen molar-refractivity contribution in [2.45, 2.75) is 31.7 Å². The molecule has 0 radical (unpaired) electrons. The predicted octanol–water partition coefficient (Wildman–Crippen LogP) is 1.41. The quantitative estimate of drug-likeness (QED) is 0.884. The fourth-order valence-electron chi connectivity index (χ4n) is 2.24. The average molecular weight is 272 g/mol. The summed E-state index contributed by atoms with van der Waals surface area (Å²) in [6, 6.07) is 2.03. The number of rotatable bonds is 2. The Morgan fingerprint density at radius 1 is 1.56 bits per heavy atom. The maximum Gasteiger partial charge on any atom is 0.276 e. The van der Waals surface area contributed by atoms with Crippen LogP contribution in [0.4, 0.5) is 0 Å². The number of aromatic nitrogens is 1. The van der Waals surface area contributed by atoms with Gasteiger partial charge in [0.15, 0.2) is 5.69 Å². The van der Waals surface area contributed by atoms with Crippen LogP contribution in [0.1, 0.15) is 41.9 Å². The molecule has 1 aromatic heterocycles. The monoisotopic (exact) mass is 271 g/mol. The van der Waals surface area contributed by atoms with Gasteiger partial charge in [0.2, 0.25) is 0 Å². The van der Waals surface area contributed by atoms with E-state index < -0.39 is 0 Å². The first-order valence-corrected chi connectivity index (χ1v) is 6.24. The number of nitrogens with one attached hydrogen (secondary N) is 1. The number of hydrogen-bond donors (Lipinski definition) is 1. The number of carbonyl (C=O) groups is 1. The molecular formula is C12H18ClN3O2. The third-order valence-electron chi connectivity index (χ3n) is 3.49. The Balaban J connectivity index is 0.00000120. The van der Waals surface area contributed by atoms with Gasteiger partial charge in [-0.25, -0.2) is 0 Å². The molecule has 1 atom stereocenters. The van der Waals surface area contributed by atoms with Crippen LogP contribution in [0.25, 0.3) is 0 Å². The van der Waals surface area contributed by atoms with Crippen molar-refractivity contribution in [2.24, 2.45) is 0 Å². The van der Waals surface area contributed by atoms with Gasteiger partial charge in [-0.15, -0.1) is 12.4 Å². The van der Waals surface area contributed by atoms with Gasteiger partial charge in [0.25, 0.3) is 5.91 Å². The van der Waals surface area contributed by atoms with Gasteiger partial charge in [-0.3, -0.25) is 4.79 Å². The molecule has 0 unspecified atom stereocenters. The Hall–Kier alpha value is -1.07. The van der Waals surface area contributed by atoms with Crippen molar-refractivity contribution in [2.75, 3.05) is 19.6 Å². The van der Waals surface area contributed by atoms with Crippen molar-refractivity contribution < 1.29 is 9.32 Å². The van der Waals surface area contributed by atoms with Crippen molar-refractivity contribution in [3.8, 4) is 0 Å². The molecule has 1 aliphatic carbocycles. The van der Waals surface area contributed by atoms with E-state index in [1.165, 1.54) is 0 Å². The summed E-state index contributed by atoms with van der Waals surface area (Å²) in [6.07, 6.45) is 2.32. The van der Waals surface area contributed by atoms with Crippen LogP contribution in [0, 0.1) is 0 Å². The lowest BCUT2D eigenvalue weighted by Crippen LogP contribution is -2.52. The fourth-order valence-corrected chi connectivity index (χ4v) is 2.24. The summed E-state index contributed by atoms with van der Waals surface area (Å²) in [5.74, 6) is 1.37. The van der Waals surface area contributed by atoms with Crippen molar-refractivity contribution >= 4 is 18.3 Å². The Morgan fingerprint density at radius 2 is 2.33 bits per heavy atom. The third kappa shape index (κ3) is 2.52. The van der Waals surface area contributed by atoms with Gasteiger partial charge >= 0.3 is 0 Å². The highest BCUT2D eigenvalue weighted by atomic mass is 35.5. The summed E-state index contributed by atoms with van der Waals surface area (Å²) in [6.45, 7) is 4.49. The van der Waals surface area contributed by atoms with E-state index in [1.54, 1.807) is 0 Å². The maximum atomic E-state index is 12.2. The Bertz CT molecular complexity index is 431. The van der Waals surface area contributed by atoms with E-state index >= 15 is 0 Å². The van der Waals surface area contributed by atoms with Crippen LogP contribution in [0.15, 0.2) is 10.6 Å². The number of amides is 1. The van der Waals surface area contributed by atoms with Gasteiger partial charge in [-0.2, -0.15) is 0 Å². The fraction of sp³-hybridized carbons (Fsp3) is 0.667. The summed E-state index contributed by atoms with van der Waals surface area (Å²) in [7, 11) is 0. The van der Waals surface area contributed by atoms with Crippen LogP contribution in [0.3, 0.4) is 0 Å². The van der Waals surface area contributed by atoms with Crippen molar-refractivity contribution in [3.63, 3.8) is 0 Å². The molecule has 6 heteroatoms. The topological polar surface area (TPSA) is 58.4 Å². The van der Waals surface area contributed by atoms with Crippen LogP contribution in [0.5, 0.6) is 0 Å². The lowest BCUT2D eigenvalue weighted by atomic mass is 10.2. The summed E-state index contributed by atoms with van der Waals surface area (Å²) in [4.78, 5) is 14.1. The highest BCUT2D eigenvalue weighted by molar-refractivity contribution is 5.92. The second kappa shape index (κ2) is 5.28. The largest absolute Gasteiger partial charge is 0.360 e. The van der Waals surface area contributed by atoms with Gasteiger partial charge in [-0.05, 0) is 19.8 Å². The standard InChI is InChI=1S/C12H17N3O2.ClH/c1-8-7-13-4-5-15(8)12(16)10-6-11(17-14-10)9-2-3-9;/h6,8-9,13H,2-5,7H2,1H3;1H/t8-;/m0./s1. The highest BCUT2D eigenvalue weighted by Crippen LogP contribution is 2.40. The molecule has 3 rings (SSSR count). The average Bonchev–Trinajstić information content (AvgIpc) is 3.07. The van der Waals surface area contributed by atoms with Crippen LogP contribution in [0.2, 0.25) is 0 Å². The van der Waals surface area contributed by atoms with Crippen LogP contribution in [-0.4, -0.2) is 41.6 Å². The molecule has 0 bridgehead atoms. The Labute approximate surface area is 112 Å². The molecule has 1 N–H and O–H groups in total. The van der Waals surface area contributed by atoms with Crippen molar-refractivity contribution in [1.82, 2.24) is 15.4 Å². The lowest BCUT2D eigenvalue weighted by molar-refractivity contribution is 0.0645. The number of nitrogens with zero attached hydrogens (tertiary/aromatic N) is 2. The molecule has 1 aliphatic heterocycles. The van der Waals surface area contributed by atoms with Gasteiger partial charge in [0, 0.05) is 37.7 Å².